The van der Waals surface area contributed by atoms with E-state index in [-0.39, 0.29) is 30.4 Å². The molecule has 1 fully saturated rings. The lowest BCUT2D eigenvalue weighted by Crippen LogP contribution is -2.42. The van der Waals surface area contributed by atoms with Crippen LogP contribution in [-0.2, 0) is 9.47 Å². The molecule has 2 heterocycles. The van der Waals surface area contributed by atoms with Gasteiger partial charge in [-0.3, -0.25) is 0 Å². The molecular formula is C20H33FN2O4. The van der Waals surface area contributed by atoms with Gasteiger partial charge in [-0.05, 0) is 45.7 Å². The van der Waals surface area contributed by atoms with Crippen molar-refractivity contribution in [3.05, 3.63) is 23.8 Å². The number of pyridine rings is 1. The highest BCUT2D eigenvalue weighted by Crippen LogP contribution is 2.27. The summed E-state index contributed by atoms with van der Waals surface area (Å²) in [5.41, 5.74) is 0.0937. The fourth-order valence-corrected chi connectivity index (χ4v) is 2.94. The van der Waals surface area contributed by atoms with Crippen molar-refractivity contribution in [3.63, 3.8) is 0 Å². The van der Waals surface area contributed by atoms with Crippen LogP contribution in [0.5, 0.6) is 5.75 Å². The number of aryl methyl sites for hydroxylation is 1. The Morgan fingerprint density at radius 1 is 1.33 bits per heavy atom. The summed E-state index contributed by atoms with van der Waals surface area (Å²) in [7, 11) is 1.63. The molecule has 2 atom stereocenters. The van der Waals surface area contributed by atoms with Gasteiger partial charge in [0, 0.05) is 25.8 Å². The number of carbonyl (C=O) groups excluding carboxylic acids is 1. The number of nitrogens with zero attached hydrogens (tertiary/aromatic N) is 2. The predicted octanol–water partition coefficient (Wildman–Crippen LogP) is 4.21. The summed E-state index contributed by atoms with van der Waals surface area (Å²) < 4.78 is 30.2. The fourth-order valence-electron chi connectivity index (χ4n) is 2.94. The van der Waals surface area contributed by atoms with E-state index in [9.17, 15) is 9.18 Å². The van der Waals surface area contributed by atoms with E-state index in [0.29, 0.717) is 25.1 Å². The minimum absolute atomic E-state index is 0.127. The third-order valence-corrected chi connectivity index (χ3v) is 4.01. The number of rotatable bonds is 5. The van der Waals surface area contributed by atoms with Gasteiger partial charge < -0.3 is 19.1 Å². The van der Waals surface area contributed by atoms with Gasteiger partial charge in [0.15, 0.2) is 5.75 Å². The van der Waals surface area contributed by atoms with Crippen molar-refractivity contribution in [2.24, 2.45) is 5.92 Å². The number of halogens is 1. The number of hydrogen-bond donors (Lipinski definition) is 0. The Bertz CT molecular complexity index is 584. The molecule has 27 heavy (non-hydrogen) atoms. The average molecular weight is 384 g/mol. The molecule has 1 aliphatic heterocycles. The first-order chi connectivity index (χ1) is 12.7. The summed E-state index contributed by atoms with van der Waals surface area (Å²) in [4.78, 5) is 17.8. The van der Waals surface area contributed by atoms with E-state index in [2.05, 4.69) is 4.98 Å². The maximum absolute atomic E-state index is 13.8. The van der Waals surface area contributed by atoms with Gasteiger partial charge in [0.25, 0.3) is 5.95 Å². The van der Waals surface area contributed by atoms with Crippen molar-refractivity contribution in [2.45, 2.75) is 59.6 Å². The molecule has 0 N–H and O–H groups in total. The monoisotopic (exact) mass is 384 g/mol. The first-order valence-electron chi connectivity index (χ1n) is 9.43. The van der Waals surface area contributed by atoms with E-state index in [1.807, 2.05) is 34.6 Å². The topological polar surface area (TPSA) is 60.9 Å². The normalized spacial score (nSPS) is 19.3. The zero-order valence-corrected chi connectivity index (χ0v) is 17.5. The molecule has 2 rings (SSSR count). The van der Waals surface area contributed by atoms with Crippen LogP contribution in [-0.4, -0.2) is 54.5 Å². The molecule has 0 bridgehead atoms. The Labute approximate surface area is 162 Å². The fraction of sp³-hybridized carbons (Fsp3) is 0.700. The van der Waals surface area contributed by atoms with Gasteiger partial charge in [-0.2, -0.15) is 4.39 Å². The molecule has 0 radical (unpaired) electrons. The van der Waals surface area contributed by atoms with Crippen LogP contribution in [0.1, 0.15) is 46.6 Å². The number of ether oxygens (including phenoxy) is 3. The summed E-state index contributed by atoms with van der Waals surface area (Å²) in [6.07, 6.45) is 1.73. The van der Waals surface area contributed by atoms with Crippen LogP contribution >= 0.6 is 0 Å². The van der Waals surface area contributed by atoms with Crippen LogP contribution in [0.4, 0.5) is 9.18 Å². The molecule has 0 aliphatic carbocycles. The summed E-state index contributed by atoms with van der Waals surface area (Å²) in [6.45, 7) is 12.5. The molecule has 0 saturated carbocycles. The van der Waals surface area contributed by atoms with Crippen molar-refractivity contribution < 1.29 is 23.4 Å². The maximum atomic E-state index is 13.8. The van der Waals surface area contributed by atoms with Gasteiger partial charge in [-0.15, -0.1) is 0 Å². The third kappa shape index (κ3) is 6.97. The summed E-state index contributed by atoms with van der Waals surface area (Å²) in [6, 6.07) is 1.49. The van der Waals surface area contributed by atoms with Gasteiger partial charge in [0.1, 0.15) is 12.2 Å². The molecular weight excluding hydrogens is 351 g/mol. The van der Waals surface area contributed by atoms with Crippen molar-refractivity contribution in [1.82, 2.24) is 9.88 Å². The third-order valence-electron chi connectivity index (χ3n) is 4.01. The lowest BCUT2D eigenvalue weighted by Gasteiger charge is -2.28. The SMILES string of the molecule is CC.COCC1CC(COc2c(C)ccnc2F)N(C(=O)OC(C)(C)C)C1. The van der Waals surface area contributed by atoms with Gasteiger partial charge in [-0.25, -0.2) is 9.78 Å². The zero-order valence-electron chi connectivity index (χ0n) is 17.5. The Morgan fingerprint density at radius 2 is 2.00 bits per heavy atom. The molecule has 2 unspecified atom stereocenters. The Balaban J connectivity index is 0.00000176. The van der Waals surface area contributed by atoms with Gasteiger partial charge in [-0.1, -0.05) is 13.8 Å². The number of amides is 1. The van der Waals surface area contributed by atoms with Crippen LogP contribution in [0.25, 0.3) is 0 Å². The Hall–Kier alpha value is -1.89. The summed E-state index contributed by atoms with van der Waals surface area (Å²) in [5.74, 6) is -0.317. The molecule has 1 aromatic heterocycles. The molecule has 7 heteroatoms. The average Bonchev–Trinajstić information content (AvgIpc) is 2.98. The lowest BCUT2D eigenvalue weighted by molar-refractivity contribution is 0.0178. The molecule has 154 valence electrons. The molecule has 1 saturated heterocycles. The quantitative estimate of drug-likeness (QED) is 0.712. The summed E-state index contributed by atoms with van der Waals surface area (Å²) in [5, 5.41) is 0. The van der Waals surface area contributed by atoms with Crippen LogP contribution in [0, 0.1) is 18.8 Å². The number of aromatic nitrogens is 1. The molecule has 0 spiro atoms. The van der Waals surface area contributed by atoms with Crippen molar-refractivity contribution in [2.75, 3.05) is 26.9 Å². The van der Waals surface area contributed by atoms with Crippen LogP contribution < -0.4 is 4.74 Å². The van der Waals surface area contributed by atoms with Gasteiger partial charge in [0.05, 0.1) is 12.6 Å². The Kier molecular flexibility index (Phi) is 8.96. The number of likely N-dealkylation sites (tertiary alicyclic amines) is 1. The van der Waals surface area contributed by atoms with Gasteiger partial charge >= 0.3 is 6.09 Å². The van der Waals surface area contributed by atoms with E-state index in [1.54, 1.807) is 25.0 Å². The highest BCUT2D eigenvalue weighted by Gasteiger charge is 2.38. The van der Waals surface area contributed by atoms with Crippen molar-refractivity contribution >= 4 is 6.09 Å². The van der Waals surface area contributed by atoms with E-state index < -0.39 is 11.5 Å². The number of hydrogen-bond acceptors (Lipinski definition) is 5. The largest absolute Gasteiger partial charge is 0.486 e. The number of methoxy groups -OCH3 is 1. The zero-order chi connectivity index (χ0) is 20.6. The first-order valence-corrected chi connectivity index (χ1v) is 9.43. The van der Waals surface area contributed by atoms with Crippen LogP contribution in [0.3, 0.4) is 0 Å². The second-order valence-electron chi connectivity index (χ2n) is 7.40. The predicted molar refractivity (Wildman–Crippen MR) is 102 cm³/mol. The molecule has 1 amide bonds. The minimum atomic E-state index is -0.643. The molecule has 6 nitrogen and oxygen atoms in total. The molecule has 1 aromatic rings. The standard InChI is InChI=1S/C18H27FN2O4.C2H6/c1-12-6-7-20-16(19)15(12)24-11-14-8-13(10-23-5)9-21(14)17(22)25-18(2,3)4;1-2/h6-7,13-14H,8-11H2,1-5H3;1-2H3. The van der Waals surface area contributed by atoms with E-state index in [0.717, 1.165) is 0 Å². The van der Waals surface area contributed by atoms with Crippen molar-refractivity contribution in [1.29, 1.82) is 0 Å². The van der Waals surface area contributed by atoms with Crippen molar-refractivity contribution in [3.8, 4) is 5.75 Å². The van der Waals surface area contributed by atoms with Gasteiger partial charge in [0.2, 0.25) is 0 Å². The minimum Gasteiger partial charge on any atom is -0.486 e. The second-order valence-corrected chi connectivity index (χ2v) is 7.40. The summed E-state index contributed by atoms with van der Waals surface area (Å²) >= 11 is 0. The van der Waals surface area contributed by atoms with Crippen LogP contribution in [0.15, 0.2) is 12.3 Å². The van der Waals surface area contributed by atoms with E-state index >= 15 is 0 Å². The molecule has 0 aromatic carbocycles. The lowest BCUT2D eigenvalue weighted by atomic mass is 10.1. The second kappa shape index (κ2) is 10.4. The van der Waals surface area contributed by atoms with E-state index in [4.69, 9.17) is 14.2 Å². The number of carbonyl (C=O) groups is 1. The smallest absolute Gasteiger partial charge is 0.410 e. The highest BCUT2D eigenvalue weighted by molar-refractivity contribution is 5.69. The molecule has 1 aliphatic rings. The van der Waals surface area contributed by atoms with Crippen LogP contribution in [0.2, 0.25) is 0 Å². The maximum Gasteiger partial charge on any atom is 0.410 e. The van der Waals surface area contributed by atoms with E-state index in [1.165, 1.54) is 6.20 Å². The highest BCUT2D eigenvalue weighted by atomic mass is 19.1. The first kappa shape index (κ1) is 23.1. The Morgan fingerprint density at radius 3 is 2.56 bits per heavy atom.